The third kappa shape index (κ3) is 5.32. The first-order valence-corrected chi connectivity index (χ1v) is 10.6. The number of hydrogen-bond donors (Lipinski definition) is 1. The zero-order valence-electron chi connectivity index (χ0n) is 16.9. The number of allylic oxidation sites excluding steroid dienone is 1. The Morgan fingerprint density at radius 3 is 2.71 bits per heavy atom. The van der Waals surface area contributed by atoms with Crippen molar-refractivity contribution in [1.82, 2.24) is 0 Å². The molecule has 0 aromatic heterocycles. The molecule has 0 heterocycles. The van der Waals surface area contributed by atoms with Gasteiger partial charge in [-0.1, -0.05) is 36.8 Å². The van der Waals surface area contributed by atoms with Gasteiger partial charge in [0.05, 0.1) is 13.2 Å². The number of aliphatic hydroxyl groups excluding tert-OH is 1. The summed E-state index contributed by atoms with van der Waals surface area (Å²) in [5.41, 5.74) is 3.57. The van der Waals surface area contributed by atoms with Crippen molar-refractivity contribution < 1.29 is 19.4 Å². The van der Waals surface area contributed by atoms with Gasteiger partial charge in [-0.2, -0.15) is 0 Å². The van der Waals surface area contributed by atoms with Crippen LogP contribution in [-0.4, -0.2) is 30.1 Å². The van der Waals surface area contributed by atoms with Gasteiger partial charge in [-0.3, -0.25) is 9.59 Å². The van der Waals surface area contributed by atoms with E-state index >= 15 is 0 Å². The third-order valence-electron chi connectivity index (χ3n) is 6.32. The third-order valence-corrected chi connectivity index (χ3v) is 6.32. The van der Waals surface area contributed by atoms with E-state index in [2.05, 4.69) is 18.2 Å². The SMILES string of the molecule is COC(=O)CCCc1ccccc1C[C@H]1C(=O)CC[C@@H]1C=C1CCCC[C@@H]1O. The largest absolute Gasteiger partial charge is 0.469 e. The molecule has 3 atom stereocenters. The van der Waals surface area contributed by atoms with Crippen LogP contribution in [0, 0.1) is 11.8 Å². The number of carbonyl (C=O) groups excluding carboxylic acids is 2. The molecule has 1 N–H and O–H groups in total. The first-order chi connectivity index (χ1) is 13.6. The lowest BCUT2D eigenvalue weighted by Crippen LogP contribution is -2.20. The molecule has 0 unspecified atom stereocenters. The predicted octanol–water partition coefficient (Wildman–Crippen LogP) is 4.18. The smallest absolute Gasteiger partial charge is 0.305 e. The molecule has 0 saturated heterocycles. The van der Waals surface area contributed by atoms with E-state index in [9.17, 15) is 14.7 Å². The number of ketones is 1. The summed E-state index contributed by atoms with van der Waals surface area (Å²) in [7, 11) is 1.42. The lowest BCUT2D eigenvalue weighted by Gasteiger charge is -2.24. The summed E-state index contributed by atoms with van der Waals surface area (Å²) in [6, 6.07) is 8.26. The Hall–Kier alpha value is -1.94. The fraction of sp³-hybridized carbons (Fsp3) is 0.583. The van der Waals surface area contributed by atoms with Crippen LogP contribution in [0.5, 0.6) is 0 Å². The quantitative estimate of drug-likeness (QED) is 0.566. The molecule has 2 aliphatic carbocycles. The van der Waals surface area contributed by atoms with E-state index in [1.807, 2.05) is 12.1 Å². The summed E-state index contributed by atoms with van der Waals surface area (Å²) in [5, 5.41) is 10.3. The molecule has 4 nitrogen and oxygen atoms in total. The van der Waals surface area contributed by atoms with Crippen molar-refractivity contribution in [3.8, 4) is 0 Å². The van der Waals surface area contributed by atoms with Crippen LogP contribution < -0.4 is 0 Å². The second kappa shape index (κ2) is 10.0. The summed E-state index contributed by atoms with van der Waals surface area (Å²) in [6.45, 7) is 0. The Morgan fingerprint density at radius 2 is 1.96 bits per heavy atom. The number of Topliss-reactive ketones (excluding diaryl/α,β-unsaturated/α-hetero) is 1. The summed E-state index contributed by atoms with van der Waals surface area (Å²) in [4.78, 5) is 24.0. The standard InChI is InChI=1S/C24H32O4/c1-28-24(27)12-6-10-17-7-2-3-8-18(17)16-21-19(13-14-23(21)26)15-20-9-4-5-11-22(20)25/h2-3,7-8,15,19,21-22,25H,4-6,9-14,16H2,1H3/t19-,21-,22+/m1/s1. The Morgan fingerprint density at radius 1 is 1.18 bits per heavy atom. The molecule has 4 heteroatoms. The zero-order chi connectivity index (χ0) is 19.9. The van der Waals surface area contributed by atoms with Gasteiger partial charge in [-0.05, 0) is 67.6 Å². The van der Waals surface area contributed by atoms with E-state index in [1.165, 1.54) is 18.2 Å². The van der Waals surface area contributed by atoms with Crippen LogP contribution >= 0.6 is 0 Å². The van der Waals surface area contributed by atoms with Gasteiger partial charge in [0, 0.05) is 18.8 Å². The number of methoxy groups -OCH3 is 1. The summed E-state index contributed by atoms with van der Waals surface area (Å²) in [6.07, 6.45) is 10.2. The van der Waals surface area contributed by atoms with Gasteiger partial charge in [-0.15, -0.1) is 0 Å². The monoisotopic (exact) mass is 384 g/mol. The lowest BCUT2D eigenvalue weighted by molar-refractivity contribution is -0.140. The molecule has 0 aliphatic heterocycles. The number of carbonyl (C=O) groups is 2. The topological polar surface area (TPSA) is 63.6 Å². The maximum Gasteiger partial charge on any atom is 0.305 e. The number of esters is 1. The molecule has 3 rings (SSSR count). The molecule has 2 saturated carbocycles. The normalized spacial score (nSPS) is 26.6. The molecular weight excluding hydrogens is 352 g/mol. The van der Waals surface area contributed by atoms with Crippen LogP contribution in [0.1, 0.15) is 62.5 Å². The van der Waals surface area contributed by atoms with Crippen LogP contribution in [0.2, 0.25) is 0 Å². The highest BCUT2D eigenvalue weighted by Gasteiger charge is 2.34. The number of benzene rings is 1. The van der Waals surface area contributed by atoms with Gasteiger partial charge in [0.25, 0.3) is 0 Å². The second-order valence-electron chi connectivity index (χ2n) is 8.18. The average Bonchev–Trinajstić information content (AvgIpc) is 3.04. The van der Waals surface area contributed by atoms with E-state index in [0.717, 1.165) is 56.9 Å². The minimum Gasteiger partial charge on any atom is -0.469 e. The fourth-order valence-corrected chi connectivity index (χ4v) is 4.65. The van der Waals surface area contributed by atoms with Gasteiger partial charge < -0.3 is 9.84 Å². The van der Waals surface area contributed by atoms with Crippen LogP contribution in [0.3, 0.4) is 0 Å². The van der Waals surface area contributed by atoms with Crippen molar-refractivity contribution >= 4 is 11.8 Å². The molecule has 0 spiro atoms. The molecular formula is C24H32O4. The van der Waals surface area contributed by atoms with Crippen molar-refractivity contribution in [2.75, 3.05) is 7.11 Å². The maximum atomic E-state index is 12.6. The Balaban J connectivity index is 1.69. The molecule has 152 valence electrons. The van der Waals surface area contributed by atoms with Gasteiger partial charge in [0.1, 0.15) is 5.78 Å². The Kier molecular flexibility index (Phi) is 7.43. The second-order valence-corrected chi connectivity index (χ2v) is 8.18. The first-order valence-electron chi connectivity index (χ1n) is 10.6. The maximum absolute atomic E-state index is 12.6. The number of aryl methyl sites for hydroxylation is 1. The van der Waals surface area contributed by atoms with E-state index < -0.39 is 0 Å². The number of aliphatic hydroxyl groups is 1. The van der Waals surface area contributed by atoms with E-state index in [4.69, 9.17) is 4.74 Å². The predicted molar refractivity (Wildman–Crippen MR) is 109 cm³/mol. The van der Waals surface area contributed by atoms with Crippen LogP contribution in [-0.2, 0) is 27.2 Å². The molecule has 0 bridgehead atoms. The van der Waals surface area contributed by atoms with E-state index in [-0.39, 0.29) is 23.9 Å². The average molecular weight is 385 g/mol. The number of hydrogen-bond acceptors (Lipinski definition) is 4. The minimum absolute atomic E-state index is 0.00313. The highest BCUT2D eigenvalue weighted by atomic mass is 16.5. The Labute approximate surface area is 168 Å². The number of rotatable bonds is 7. The molecule has 1 aromatic carbocycles. The minimum atomic E-state index is -0.323. The summed E-state index contributed by atoms with van der Waals surface area (Å²) in [5.74, 6) is 0.402. The molecule has 0 radical (unpaired) electrons. The van der Waals surface area contributed by atoms with Gasteiger partial charge in [0.15, 0.2) is 0 Å². The molecule has 2 aliphatic rings. The summed E-state index contributed by atoms with van der Waals surface area (Å²) >= 11 is 0. The highest BCUT2D eigenvalue weighted by Crippen LogP contribution is 2.36. The molecule has 1 aromatic rings. The van der Waals surface area contributed by atoms with Gasteiger partial charge in [0.2, 0.25) is 0 Å². The molecule has 0 amide bonds. The highest BCUT2D eigenvalue weighted by molar-refractivity contribution is 5.84. The summed E-state index contributed by atoms with van der Waals surface area (Å²) < 4.78 is 4.72. The van der Waals surface area contributed by atoms with Crippen molar-refractivity contribution in [3.05, 3.63) is 47.0 Å². The van der Waals surface area contributed by atoms with Crippen molar-refractivity contribution in [2.24, 2.45) is 11.8 Å². The van der Waals surface area contributed by atoms with Crippen molar-refractivity contribution in [2.45, 2.75) is 70.3 Å². The number of ether oxygens (including phenoxy) is 1. The van der Waals surface area contributed by atoms with E-state index in [1.54, 1.807) is 0 Å². The van der Waals surface area contributed by atoms with Crippen LogP contribution in [0.15, 0.2) is 35.9 Å². The van der Waals surface area contributed by atoms with Gasteiger partial charge in [-0.25, -0.2) is 0 Å². The van der Waals surface area contributed by atoms with Crippen LogP contribution in [0.25, 0.3) is 0 Å². The lowest BCUT2D eigenvalue weighted by atomic mass is 9.83. The van der Waals surface area contributed by atoms with Crippen molar-refractivity contribution in [3.63, 3.8) is 0 Å². The van der Waals surface area contributed by atoms with Gasteiger partial charge >= 0.3 is 5.97 Å². The zero-order valence-corrected chi connectivity index (χ0v) is 16.9. The fourth-order valence-electron chi connectivity index (χ4n) is 4.65. The van der Waals surface area contributed by atoms with Crippen LogP contribution in [0.4, 0.5) is 0 Å². The molecule has 28 heavy (non-hydrogen) atoms. The molecule has 2 fully saturated rings. The van der Waals surface area contributed by atoms with E-state index in [0.29, 0.717) is 18.6 Å². The first kappa shape index (κ1) is 20.8. The van der Waals surface area contributed by atoms with Crippen molar-refractivity contribution in [1.29, 1.82) is 0 Å². The Bertz CT molecular complexity index is 721.